The van der Waals surface area contributed by atoms with Crippen molar-refractivity contribution in [2.75, 3.05) is 39.6 Å². The lowest BCUT2D eigenvalue weighted by atomic mass is 10.0. The van der Waals surface area contributed by atoms with E-state index in [9.17, 15) is 43.2 Å². The normalized spacial score (nSPS) is 14.0. The molecule has 0 fully saturated rings. The number of rotatable bonds is 78. The molecule has 0 heterocycles. The summed E-state index contributed by atoms with van der Waals surface area (Å²) in [5.41, 5.74) is 0. The third-order valence-electron chi connectivity index (χ3n) is 18.6. The summed E-state index contributed by atoms with van der Waals surface area (Å²) in [6, 6.07) is 0. The van der Waals surface area contributed by atoms with Crippen LogP contribution in [-0.4, -0.2) is 96.7 Å². The highest BCUT2D eigenvalue weighted by Crippen LogP contribution is 2.45. The summed E-state index contributed by atoms with van der Waals surface area (Å²) in [5, 5.41) is 10.6. The van der Waals surface area contributed by atoms with Crippen LogP contribution >= 0.6 is 15.6 Å². The fourth-order valence-electron chi connectivity index (χ4n) is 12.3. The van der Waals surface area contributed by atoms with Crippen LogP contribution in [0.4, 0.5) is 0 Å². The van der Waals surface area contributed by atoms with Gasteiger partial charge >= 0.3 is 39.5 Å². The molecular formula is C80H156O17P2. The van der Waals surface area contributed by atoms with Gasteiger partial charge in [0.1, 0.15) is 19.3 Å². The second kappa shape index (κ2) is 70.4. The van der Waals surface area contributed by atoms with E-state index < -0.39 is 97.5 Å². The lowest BCUT2D eigenvalue weighted by molar-refractivity contribution is -0.161. The lowest BCUT2D eigenvalue weighted by Crippen LogP contribution is -2.30. The highest BCUT2D eigenvalue weighted by Gasteiger charge is 2.30. The number of phosphoric ester groups is 2. The maximum atomic E-state index is 13.1. The predicted molar refractivity (Wildman–Crippen MR) is 405 cm³/mol. The van der Waals surface area contributed by atoms with Crippen LogP contribution in [-0.2, 0) is 65.4 Å². The summed E-state index contributed by atoms with van der Waals surface area (Å²) in [5.74, 6) is 0.126. The summed E-state index contributed by atoms with van der Waals surface area (Å²) in [6.07, 6.45) is 58.5. The Bertz CT molecular complexity index is 1920. The van der Waals surface area contributed by atoms with E-state index in [1.807, 2.05) is 0 Å². The van der Waals surface area contributed by atoms with Gasteiger partial charge in [0.15, 0.2) is 12.2 Å². The molecule has 0 aliphatic rings. The fraction of sp³-hybridized carbons (Fsp3) is 0.950. The van der Waals surface area contributed by atoms with Gasteiger partial charge in [-0.1, -0.05) is 363 Å². The zero-order valence-corrected chi connectivity index (χ0v) is 66.8. The van der Waals surface area contributed by atoms with Gasteiger partial charge in [0, 0.05) is 25.7 Å². The number of phosphoric acid groups is 2. The summed E-state index contributed by atoms with van der Waals surface area (Å²) < 4.78 is 68.6. The fourth-order valence-corrected chi connectivity index (χ4v) is 13.9. The number of esters is 4. The van der Waals surface area contributed by atoms with E-state index in [4.69, 9.17) is 37.0 Å². The minimum absolute atomic E-state index is 0.105. The van der Waals surface area contributed by atoms with Crippen LogP contribution < -0.4 is 0 Å². The Hall–Kier alpha value is -1.94. The van der Waals surface area contributed by atoms with Gasteiger partial charge in [-0.3, -0.25) is 37.3 Å². The van der Waals surface area contributed by atoms with Gasteiger partial charge in [-0.05, 0) is 43.4 Å². The van der Waals surface area contributed by atoms with Crippen molar-refractivity contribution in [2.24, 2.45) is 17.8 Å². The predicted octanol–water partition coefficient (Wildman–Crippen LogP) is 23.7. The maximum Gasteiger partial charge on any atom is 0.472 e. The molecule has 5 atom stereocenters. The molecule has 0 aromatic heterocycles. The van der Waals surface area contributed by atoms with Gasteiger partial charge in [0.25, 0.3) is 0 Å². The van der Waals surface area contributed by atoms with Crippen LogP contribution in [0.3, 0.4) is 0 Å². The van der Waals surface area contributed by atoms with Crippen LogP contribution in [0.5, 0.6) is 0 Å². The van der Waals surface area contributed by atoms with Crippen molar-refractivity contribution in [1.29, 1.82) is 0 Å². The van der Waals surface area contributed by atoms with Crippen LogP contribution in [0.15, 0.2) is 0 Å². The van der Waals surface area contributed by atoms with Crippen molar-refractivity contribution in [2.45, 2.75) is 433 Å². The first-order valence-electron chi connectivity index (χ1n) is 41.3. The first-order valence-corrected chi connectivity index (χ1v) is 44.3. The topological polar surface area (TPSA) is 237 Å². The number of unbranched alkanes of at least 4 members (excludes halogenated alkanes) is 46. The summed E-state index contributed by atoms with van der Waals surface area (Å²) in [6.45, 7) is 11.9. The van der Waals surface area contributed by atoms with Gasteiger partial charge in [-0.25, -0.2) is 9.13 Å². The number of carbonyl (C=O) groups excluding carboxylic acids is 4. The second-order valence-electron chi connectivity index (χ2n) is 30.2. The average Bonchev–Trinajstić information content (AvgIpc) is 0.958. The molecule has 0 amide bonds. The van der Waals surface area contributed by atoms with Crippen molar-refractivity contribution in [3.63, 3.8) is 0 Å². The molecule has 3 N–H and O–H groups in total. The van der Waals surface area contributed by atoms with Gasteiger partial charge in [0.2, 0.25) is 0 Å². The Labute approximate surface area is 607 Å². The number of hydrogen-bond donors (Lipinski definition) is 3. The molecule has 17 nitrogen and oxygen atoms in total. The van der Waals surface area contributed by atoms with Crippen molar-refractivity contribution >= 4 is 39.5 Å². The summed E-state index contributed by atoms with van der Waals surface area (Å²) in [7, 11) is -9.92. The smallest absolute Gasteiger partial charge is 0.462 e. The van der Waals surface area contributed by atoms with Crippen molar-refractivity contribution in [3.05, 3.63) is 0 Å². The lowest BCUT2D eigenvalue weighted by Gasteiger charge is -2.21. The van der Waals surface area contributed by atoms with Crippen LogP contribution in [0.1, 0.15) is 414 Å². The van der Waals surface area contributed by atoms with Gasteiger partial charge in [-0.15, -0.1) is 0 Å². The van der Waals surface area contributed by atoms with Gasteiger partial charge in [-0.2, -0.15) is 0 Å². The molecule has 0 saturated heterocycles. The minimum Gasteiger partial charge on any atom is -0.462 e. The quantitative estimate of drug-likeness (QED) is 0.0222. The molecule has 0 rings (SSSR count). The van der Waals surface area contributed by atoms with E-state index in [-0.39, 0.29) is 25.7 Å². The maximum absolute atomic E-state index is 13.1. The first kappa shape index (κ1) is 97.1. The molecule has 99 heavy (non-hydrogen) atoms. The molecular weight excluding hydrogens is 1290 g/mol. The third kappa shape index (κ3) is 74.1. The van der Waals surface area contributed by atoms with E-state index in [2.05, 4.69) is 48.5 Å². The highest BCUT2D eigenvalue weighted by atomic mass is 31.2. The molecule has 0 aliphatic heterocycles. The molecule has 0 radical (unpaired) electrons. The Balaban J connectivity index is 5.22. The van der Waals surface area contributed by atoms with Crippen molar-refractivity contribution < 1.29 is 80.2 Å². The molecule has 588 valence electrons. The van der Waals surface area contributed by atoms with E-state index in [0.29, 0.717) is 31.6 Å². The standard InChI is InChI=1S/C80H156O17P2/c1-8-9-10-11-12-13-14-15-16-17-18-22-25-28-34-39-47-54-61-77(82)90-67-75(96-79(84)63-56-49-40-35-29-26-23-20-19-21-24-27-32-37-44-51-58-71(2)3)69-94-98(86,87)92-65-74(81)66-93-99(88,89)95-70-76(68-91-78(83)62-55-48-43-42-46-53-60-73(6)7)97-80(85)64-57-50-41-36-31-30-33-38-45-52-59-72(4)5/h71-76,81H,8-70H2,1-7H3,(H,86,87)(H,88,89)/t74-,75-,76-/m1/s1. The van der Waals surface area contributed by atoms with Crippen molar-refractivity contribution in [3.8, 4) is 0 Å². The molecule has 0 aromatic carbocycles. The SMILES string of the molecule is CCCCCCCCCCCCCCCCCCCCC(=O)OC[C@H](COP(=O)(O)OC[C@@H](O)COP(=O)(O)OC[C@@H](COC(=O)CCCCCCCCC(C)C)OC(=O)CCCCCCCCCCCCC(C)C)OC(=O)CCCCCCCCCCCCCCCCCCC(C)C. The van der Waals surface area contributed by atoms with Crippen molar-refractivity contribution in [1.82, 2.24) is 0 Å². The zero-order chi connectivity index (χ0) is 73.0. The van der Waals surface area contributed by atoms with Gasteiger partial charge < -0.3 is 33.8 Å². The molecule has 19 heteroatoms. The summed E-state index contributed by atoms with van der Waals surface area (Å²) >= 11 is 0. The first-order chi connectivity index (χ1) is 47.7. The Kier molecular flexibility index (Phi) is 69.0. The van der Waals surface area contributed by atoms with Crippen LogP contribution in [0.25, 0.3) is 0 Å². The monoisotopic (exact) mass is 1450 g/mol. The largest absolute Gasteiger partial charge is 0.472 e. The number of aliphatic hydroxyl groups is 1. The molecule has 0 spiro atoms. The van der Waals surface area contributed by atoms with E-state index >= 15 is 0 Å². The molecule has 0 aromatic rings. The Morgan fingerprint density at radius 2 is 0.465 bits per heavy atom. The highest BCUT2D eigenvalue weighted by molar-refractivity contribution is 7.47. The molecule has 2 unspecified atom stereocenters. The number of ether oxygens (including phenoxy) is 4. The second-order valence-corrected chi connectivity index (χ2v) is 33.1. The third-order valence-corrected chi connectivity index (χ3v) is 20.5. The number of carbonyl (C=O) groups is 4. The molecule has 0 aliphatic carbocycles. The Morgan fingerprint density at radius 3 is 0.687 bits per heavy atom. The summed E-state index contributed by atoms with van der Waals surface area (Å²) in [4.78, 5) is 72.9. The average molecular weight is 1450 g/mol. The van der Waals surface area contributed by atoms with Crippen LogP contribution in [0, 0.1) is 17.8 Å². The minimum atomic E-state index is -4.96. The van der Waals surface area contributed by atoms with Crippen LogP contribution in [0.2, 0.25) is 0 Å². The van der Waals surface area contributed by atoms with E-state index in [1.54, 1.807) is 0 Å². The van der Waals surface area contributed by atoms with Gasteiger partial charge in [0.05, 0.1) is 26.4 Å². The Morgan fingerprint density at radius 1 is 0.273 bits per heavy atom. The zero-order valence-electron chi connectivity index (χ0n) is 65.0. The molecule has 0 bridgehead atoms. The molecule has 0 saturated carbocycles. The van der Waals surface area contributed by atoms with E-state index in [0.717, 1.165) is 108 Å². The number of hydrogen-bond acceptors (Lipinski definition) is 15. The van der Waals surface area contributed by atoms with E-state index in [1.165, 1.54) is 218 Å². The number of aliphatic hydroxyl groups excluding tert-OH is 1.